The monoisotopic (exact) mass is 532 g/mol. The van der Waals surface area contributed by atoms with Crippen molar-refractivity contribution in [3.8, 4) is 0 Å². The van der Waals surface area contributed by atoms with E-state index < -0.39 is 28.3 Å². The standard InChI is InChI=1S/C13H19N3O4.C13H21N3O2/c1-13(2,3)20-12(17)15-14-9-8-10-6-4-5-7-11(10)16(18)19;1-13(2,3)18-12(17)16-15-9-8-10-6-4-5-7-11(10)14/h4-7,14H,8-9H2,1-3H3,(H,15,17);4-7,15H,8-9,14H2,1-3H3,(H,16,17). The Bertz CT molecular complexity index is 1050. The van der Waals surface area contributed by atoms with Crippen molar-refractivity contribution in [2.75, 3.05) is 18.8 Å². The number of para-hydroxylation sites is 2. The molecule has 38 heavy (non-hydrogen) atoms. The fourth-order valence-electron chi connectivity index (χ4n) is 2.93. The molecule has 0 aliphatic rings. The first-order valence-corrected chi connectivity index (χ1v) is 12.2. The van der Waals surface area contributed by atoms with Crippen LogP contribution in [0.3, 0.4) is 0 Å². The number of benzene rings is 2. The van der Waals surface area contributed by atoms with Crippen molar-refractivity contribution in [1.29, 1.82) is 0 Å². The molecular weight excluding hydrogens is 492 g/mol. The molecule has 2 aromatic rings. The highest BCUT2D eigenvalue weighted by atomic mass is 16.6. The largest absolute Gasteiger partial charge is 0.443 e. The Morgan fingerprint density at radius 3 is 1.66 bits per heavy atom. The Morgan fingerprint density at radius 1 is 0.789 bits per heavy atom. The number of nitrogen functional groups attached to an aromatic ring is 1. The summed E-state index contributed by atoms with van der Waals surface area (Å²) < 4.78 is 10.1. The van der Waals surface area contributed by atoms with E-state index in [0.29, 0.717) is 25.1 Å². The lowest BCUT2D eigenvalue weighted by atomic mass is 10.1. The summed E-state index contributed by atoms with van der Waals surface area (Å²) in [5.74, 6) is 0. The minimum Gasteiger partial charge on any atom is -0.443 e. The first-order valence-electron chi connectivity index (χ1n) is 12.2. The minimum atomic E-state index is -0.583. The van der Waals surface area contributed by atoms with Gasteiger partial charge in [-0.15, -0.1) is 0 Å². The maximum atomic E-state index is 11.3. The minimum absolute atomic E-state index is 0.0755. The molecule has 210 valence electrons. The number of amides is 2. The number of nitro groups is 1. The predicted octanol–water partition coefficient (Wildman–Crippen LogP) is 4.01. The van der Waals surface area contributed by atoms with Crippen LogP contribution in [0.1, 0.15) is 52.7 Å². The molecule has 0 bridgehead atoms. The van der Waals surface area contributed by atoms with Crippen molar-refractivity contribution >= 4 is 23.6 Å². The van der Waals surface area contributed by atoms with E-state index in [1.54, 1.807) is 39.0 Å². The van der Waals surface area contributed by atoms with Gasteiger partial charge in [0.05, 0.1) is 4.92 Å². The normalized spacial score (nSPS) is 11.0. The van der Waals surface area contributed by atoms with E-state index in [4.69, 9.17) is 15.2 Å². The van der Waals surface area contributed by atoms with Gasteiger partial charge in [-0.1, -0.05) is 36.4 Å². The van der Waals surface area contributed by atoms with Crippen LogP contribution in [-0.2, 0) is 22.3 Å². The van der Waals surface area contributed by atoms with Gasteiger partial charge in [0.25, 0.3) is 5.69 Å². The molecule has 0 saturated heterocycles. The van der Waals surface area contributed by atoms with Gasteiger partial charge < -0.3 is 15.2 Å². The highest BCUT2D eigenvalue weighted by Crippen LogP contribution is 2.17. The number of nitrogens with zero attached hydrogens (tertiary/aromatic N) is 1. The summed E-state index contributed by atoms with van der Waals surface area (Å²) in [6.45, 7) is 11.7. The van der Waals surface area contributed by atoms with Crippen LogP contribution in [0.2, 0.25) is 0 Å². The molecule has 2 amide bonds. The zero-order chi connectivity index (χ0) is 28.8. The highest BCUT2D eigenvalue weighted by Gasteiger charge is 2.17. The van der Waals surface area contributed by atoms with Gasteiger partial charge in [-0.2, -0.15) is 0 Å². The number of hydrogen-bond donors (Lipinski definition) is 5. The second-order valence-corrected chi connectivity index (χ2v) is 10.2. The van der Waals surface area contributed by atoms with Gasteiger partial charge in [0, 0.05) is 30.4 Å². The third kappa shape index (κ3) is 14.6. The molecule has 0 unspecified atom stereocenters. The summed E-state index contributed by atoms with van der Waals surface area (Å²) in [7, 11) is 0. The van der Waals surface area contributed by atoms with Crippen molar-refractivity contribution in [2.45, 2.75) is 65.6 Å². The van der Waals surface area contributed by atoms with E-state index in [1.807, 2.05) is 45.0 Å². The third-order valence-corrected chi connectivity index (χ3v) is 4.46. The van der Waals surface area contributed by atoms with Crippen molar-refractivity contribution in [3.63, 3.8) is 0 Å². The van der Waals surface area contributed by atoms with Gasteiger partial charge in [0.1, 0.15) is 11.2 Å². The Balaban J connectivity index is 0.000000382. The molecule has 12 nitrogen and oxygen atoms in total. The maximum absolute atomic E-state index is 11.3. The van der Waals surface area contributed by atoms with Gasteiger partial charge in [0.15, 0.2) is 0 Å². The Morgan fingerprint density at radius 2 is 1.21 bits per heavy atom. The van der Waals surface area contributed by atoms with Crippen LogP contribution in [0.5, 0.6) is 0 Å². The van der Waals surface area contributed by atoms with Crippen LogP contribution in [0.15, 0.2) is 48.5 Å². The Hall–Kier alpha value is -3.90. The molecule has 0 aromatic heterocycles. The lowest BCUT2D eigenvalue weighted by Gasteiger charge is -2.19. The molecule has 2 aromatic carbocycles. The van der Waals surface area contributed by atoms with E-state index in [9.17, 15) is 19.7 Å². The zero-order valence-corrected chi connectivity index (χ0v) is 22.9. The summed E-state index contributed by atoms with van der Waals surface area (Å²) in [5, 5.41) is 10.8. The van der Waals surface area contributed by atoms with Gasteiger partial charge in [-0.05, 0) is 66.0 Å². The van der Waals surface area contributed by atoms with E-state index in [1.165, 1.54) is 6.07 Å². The SMILES string of the molecule is CC(C)(C)OC(=O)NNCCc1ccccc1N.CC(C)(C)OC(=O)NNCCc1ccccc1[N+](=O)[O-]. The van der Waals surface area contributed by atoms with Crippen LogP contribution in [0, 0.1) is 10.1 Å². The molecule has 0 fully saturated rings. The molecular formula is C26H40N6O6. The molecule has 12 heteroatoms. The lowest BCUT2D eigenvalue weighted by Crippen LogP contribution is -2.42. The number of hydrazine groups is 2. The molecule has 0 aliphatic carbocycles. The molecule has 6 N–H and O–H groups in total. The number of hydrogen-bond acceptors (Lipinski definition) is 9. The molecule has 0 radical (unpaired) electrons. The summed E-state index contributed by atoms with van der Waals surface area (Å²) in [4.78, 5) is 33.1. The number of ether oxygens (including phenoxy) is 2. The van der Waals surface area contributed by atoms with Crippen molar-refractivity contribution in [3.05, 3.63) is 69.8 Å². The smallest absolute Gasteiger partial charge is 0.422 e. The van der Waals surface area contributed by atoms with E-state index in [-0.39, 0.29) is 5.69 Å². The number of carbonyl (C=O) groups is 2. The number of rotatable bonds is 9. The van der Waals surface area contributed by atoms with Crippen LogP contribution in [0.25, 0.3) is 0 Å². The zero-order valence-electron chi connectivity index (χ0n) is 22.9. The number of nitro benzene ring substituents is 1. The summed E-state index contributed by atoms with van der Waals surface area (Å²) in [5.41, 5.74) is 17.6. The highest BCUT2D eigenvalue weighted by molar-refractivity contribution is 5.67. The van der Waals surface area contributed by atoms with Gasteiger partial charge in [-0.3, -0.25) is 21.0 Å². The van der Waals surface area contributed by atoms with E-state index >= 15 is 0 Å². The second-order valence-electron chi connectivity index (χ2n) is 10.2. The van der Waals surface area contributed by atoms with Crippen LogP contribution in [0.4, 0.5) is 21.0 Å². The molecule has 0 heterocycles. The van der Waals surface area contributed by atoms with Crippen LogP contribution < -0.4 is 27.4 Å². The topological polar surface area (TPSA) is 170 Å². The number of nitrogens with two attached hydrogens (primary N) is 1. The summed E-state index contributed by atoms with van der Waals surface area (Å²) in [6, 6.07) is 14.2. The number of nitrogens with one attached hydrogen (secondary N) is 4. The van der Waals surface area contributed by atoms with Gasteiger partial charge >= 0.3 is 12.2 Å². The molecule has 2 rings (SSSR count). The first kappa shape index (κ1) is 32.1. The van der Waals surface area contributed by atoms with E-state index in [0.717, 1.165) is 17.7 Å². The van der Waals surface area contributed by atoms with Gasteiger partial charge in [-0.25, -0.2) is 20.4 Å². The third-order valence-electron chi connectivity index (χ3n) is 4.46. The fraction of sp³-hybridized carbons (Fsp3) is 0.462. The van der Waals surface area contributed by atoms with Gasteiger partial charge in [0.2, 0.25) is 0 Å². The quantitative estimate of drug-likeness (QED) is 0.139. The number of anilines is 1. The summed E-state index contributed by atoms with van der Waals surface area (Å²) >= 11 is 0. The van der Waals surface area contributed by atoms with Crippen LogP contribution in [-0.4, -0.2) is 41.4 Å². The number of carbonyl (C=O) groups excluding carboxylic acids is 2. The lowest BCUT2D eigenvalue weighted by molar-refractivity contribution is -0.385. The second kappa shape index (κ2) is 15.4. The summed E-state index contributed by atoms with van der Waals surface area (Å²) in [6.07, 6.45) is 0.0960. The molecule has 0 aliphatic heterocycles. The molecule has 0 spiro atoms. The average molecular weight is 533 g/mol. The maximum Gasteiger partial charge on any atom is 0.422 e. The van der Waals surface area contributed by atoms with Crippen molar-refractivity contribution < 1.29 is 24.0 Å². The van der Waals surface area contributed by atoms with Crippen molar-refractivity contribution in [2.24, 2.45) is 0 Å². The Labute approximate surface area is 223 Å². The predicted molar refractivity (Wildman–Crippen MR) is 146 cm³/mol. The van der Waals surface area contributed by atoms with Crippen molar-refractivity contribution in [1.82, 2.24) is 21.7 Å². The van der Waals surface area contributed by atoms with E-state index in [2.05, 4.69) is 21.7 Å². The first-order chi connectivity index (χ1) is 17.7. The van der Waals surface area contributed by atoms with Crippen LogP contribution >= 0.6 is 0 Å². The fourth-order valence-corrected chi connectivity index (χ4v) is 2.93. The molecule has 0 saturated carbocycles. The Kier molecular flexibility index (Phi) is 13.0. The molecule has 0 atom stereocenters. The average Bonchev–Trinajstić information content (AvgIpc) is 2.79.